The van der Waals surface area contributed by atoms with Crippen LogP contribution in [0.3, 0.4) is 0 Å². The molecule has 2 heterocycles. The van der Waals surface area contributed by atoms with E-state index in [1.54, 1.807) is 11.8 Å². The van der Waals surface area contributed by atoms with Crippen molar-refractivity contribution in [2.75, 3.05) is 30.0 Å². The topological polar surface area (TPSA) is 183 Å². The Morgan fingerprint density at radius 2 is 1.97 bits per heavy atom. The van der Waals surface area contributed by atoms with Crippen LogP contribution in [0.4, 0.5) is 23.0 Å². The third-order valence-corrected chi connectivity index (χ3v) is 4.97. The number of carbonyl (C=O) groups is 2. The summed E-state index contributed by atoms with van der Waals surface area (Å²) in [5, 5.41) is 23.0. The minimum absolute atomic E-state index is 0.0218. The summed E-state index contributed by atoms with van der Waals surface area (Å²) in [5.74, 6) is -2.05. The average molecular weight is 459 g/mol. The predicted octanol–water partition coefficient (Wildman–Crippen LogP) is 1.83. The minimum atomic E-state index is -0.878. The normalized spacial score (nSPS) is 15.4. The first kappa shape index (κ1) is 23.3. The third-order valence-electron chi connectivity index (χ3n) is 4.97. The number of nitro benzene ring substituents is 1. The smallest absolute Gasteiger partial charge is 0.355 e. The van der Waals surface area contributed by atoms with Gasteiger partial charge in [-0.3, -0.25) is 40.7 Å². The number of nitrogens with zero attached hydrogens (tertiary/aromatic N) is 5. The highest BCUT2D eigenvalue weighted by Crippen LogP contribution is 2.34. The van der Waals surface area contributed by atoms with Crippen LogP contribution in [0.2, 0.25) is 0 Å². The van der Waals surface area contributed by atoms with E-state index in [9.17, 15) is 29.8 Å². The van der Waals surface area contributed by atoms with Crippen molar-refractivity contribution < 1.29 is 24.2 Å². The molecule has 2 aromatic rings. The Bertz CT molecular complexity index is 1080. The Morgan fingerprint density at radius 1 is 1.21 bits per heavy atom. The molecule has 1 fully saturated rings. The van der Waals surface area contributed by atoms with Crippen molar-refractivity contribution in [3.05, 3.63) is 56.4 Å². The van der Waals surface area contributed by atoms with Gasteiger partial charge in [0.05, 0.1) is 22.4 Å². The first-order valence-corrected chi connectivity index (χ1v) is 10.0. The SMILES string of the molecule is CCOC(=O)C1CCCN(c2ncnc(NNC(=O)c3ccccc3[N+](=O)[O-])c2[N+](=O)[O-])C1. The average Bonchev–Trinajstić information content (AvgIpc) is 2.82. The van der Waals surface area contributed by atoms with Crippen molar-refractivity contribution in [3.8, 4) is 0 Å². The summed E-state index contributed by atoms with van der Waals surface area (Å²) >= 11 is 0. The van der Waals surface area contributed by atoms with Crippen LogP contribution < -0.4 is 15.8 Å². The Labute approximate surface area is 187 Å². The van der Waals surface area contributed by atoms with Crippen LogP contribution in [-0.2, 0) is 9.53 Å². The van der Waals surface area contributed by atoms with Gasteiger partial charge in [-0.1, -0.05) is 12.1 Å². The van der Waals surface area contributed by atoms with E-state index in [0.717, 1.165) is 12.4 Å². The van der Waals surface area contributed by atoms with Gasteiger partial charge in [0.2, 0.25) is 11.6 Å². The summed E-state index contributed by atoms with van der Waals surface area (Å²) in [6, 6.07) is 5.27. The number of esters is 1. The summed E-state index contributed by atoms with van der Waals surface area (Å²) in [5.41, 5.74) is 3.39. The van der Waals surface area contributed by atoms with E-state index >= 15 is 0 Å². The number of nitro groups is 2. The molecule has 1 aromatic carbocycles. The molecule has 33 heavy (non-hydrogen) atoms. The Balaban J connectivity index is 1.83. The summed E-state index contributed by atoms with van der Waals surface area (Å²) in [6.45, 7) is 2.54. The molecular formula is C19H21N7O7. The van der Waals surface area contributed by atoms with Crippen molar-refractivity contribution in [1.29, 1.82) is 0 Å². The van der Waals surface area contributed by atoms with Crippen molar-refractivity contribution in [2.24, 2.45) is 5.92 Å². The van der Waals surface area contributed by atoms with E-state index in [0.29, 0.717) is 19.4 Å². The lowest BCUT2D eigenvalue weighted by Crippen LogP contribution is -2.40. The van der Waals surface area contributed by atoms with Gasteiger partial charge in [-0.15, -0.1) is 0 Å². The molecule has 1 atom stereocenters. The van der Waals surface area contributed by atoms with Crippen LogP contribution >= 0.6 is 0 Å². The van der Waals surface area contributed by atoms with E-state index in [-0.39, 0.29) is 36.3 Å². The van der Waals surface area contributed by atoms with Gasteiger partial charge in [0, 0.05) is 19.2 Å². The predicted molar refractivity (Wildman–Crippen MR) is 114 cm³/mol. The highest BCUT2D eigenvalue weighted by molar-refractivity contribution is 5.98. The summed E-state index contributed by atoms with van der Waals surface area (Å²) < 4.78 is 5.06. The lowest BCUT2D eigenvalue weighted by atomic mass is 9.98. The number of nitrogens with one attached hydrogen (secondary N) is 2. The van der Waals surface area contributed by atoms with Gasteiger partial charge in [-0.2, -0.15) is 0 Å². The standard InChI is InChI=1S/C19H21N7O7/c1-2-33-19(28)12-6-5-9-24(10-12)17-15(26(31)32)16(20-11-21-17)22-23-18(27)13-7-3-4-8-14(13)25(29)30/h3-4,7-8,11-12H,2,5-6,9-10H2,1H3,(H,23,27)(H,20,21,22). The number of benzene rings is 1. The molecular weight excluding hydrogens is 438 g/mol. The Kier molecular flexibility index (Phi) is 7.27. The maximum atomic E-state index is 12.4. The minimum Gasteiger partial charge on any atom is -0.466 e. The molecule has 0 bridgehead atoms. The second-order valence-electron chi connectivity index (χ2n) is 7.04. The van der Waals surface area contributed by atoms with Gasteiger partial charge in [0.25, 0.3) is 11.6 Å². The fraction of sp³-hybridized carbons (Fsp3) is 0.368. The molecule has 3 rings (SSSR count). The molecule has 1 aliphatic rings. The Hall–Kier alpha value is -4.36. The van der Waals surface area contributed by atoms with Gasteiger partial charge in [-0.25, -0.2) is 9.97 Å². The fourth-order valence-electron chi connectivity index (χ4n) is 3.49. The second kappa shape index (κ2) is 10.3. The lowest BCUT2D eigenvalue weighted by Gasteiger charge is -2.32. The zero-order valence-corrected chi connectivity index (χ0v) is 17.6. The van der Waals surface area contributed by atoms with Crippen LogP contribution in [0.1, 0.15) is 30.1 Å². The fourth-order valence-corrected chi connectivity index (χ4v) is 3.49. The van der Waals surface area contributed by atoms with Crippen LogP contribution in [-0.4, -0.2) is 51.4 Å². The number of ether oxygens (including phenoxy) is 1. The maximum absolute atomic E-state index is 12.4. The molecule has 14 heteroatoms. The number of hydrogen-bond donors (Lipinski definition) is 2. The molecule has 174 valence electrons. The molecule has 1 amide bonds. The van der Waals surface area contributed by atoms with Gasteiger partial charge in [0.15, 0.2) is 0 Å². The largest absolute Gasteiger partial charge is 0.466 e. The molecule has 1 unspecified atom stereocenters. The summed E-state index contributed by atoms with van der Waals surface area (Å²) in [4.78, 5) is 55.6. The molecule has 1 aromatic heterocycles. The Morgan fingerprint density at radius 3 is 2.67 bits per heavy atom. The first-order chi connectivity index (χ1) is 15.8. The molecule has 0 saturated carbocycles. The molecule has 2 N–H and O–H groups in total. The van der Waals surface area contributed by atoms with E-state index in [1.165, 1.54) is 18.2 Å². The van der Waals surface area contributed by atoms with Crippen molar-refractivity contribution >= 4 is 34.9 Å². The number of rotatable bonds is 8. The second-order valence-corrected chi connectivity index (χ2v) is 7.04. The number of aromatic nitrogens is 2. The molecule has 0 radical (unpaired) electrons. The zero-order chi connectivity index (χ0) is 24.0. The quantitative estimate of drug-likeness (QED) is 0.333. The van der Waals surface area contributed by atoms with Gasteiger partial charge in [0.1, 0.15) is 11.9 Å². The number of hydrazine groups is 1. The van der Waals surface area contributed by atoms with Gasteiger partial charge < -0.3 is 9.64 Å². The van der Waals surface area contributed by atoms with E-state index < -0.39 is 33.0 Å². The first-order valence-electron chi connectivity index (χ1n) is 10.0. The van der Waals surface area contributed by atoms with Crippen molar-refractivity contribution in [2.45, 2.75) is 19.8 Å². The zero-order valence-electron chi connectivity index (χ0n) is 17.6. The van der Waals surface area contributed by atoms with E-state index in [4.69, 9.17) is 4.74 Å². The molecule has 14 nitrogen and oxygen atoms in total. The number of anilines is 2. The van der Waals surface area contributed by atoms with Crippen molar-refractivity contribution in [1.82, 2.24) is 15.4 Å². The highest BCUT2D eigenvalue weighted by Gasteiger charge is 2.33. The number of hydrogen-bond acceptors (Lipinski definition) is 11. The van der Waals surface area contributed by atoms with E-state index in [1.807, 2.05) is 0 Å². The highest BCUT2D eigenvalue weighted by atomic mass is 16.6. The summed E-state index contributed by atoms with van der Waals surface area (Å²) in [7, 11) is 0. The third kappa shape index (κ3) is 5.28. The maximum Gasteiger partial charge on any atom is 0.355 e. The molecule has 1 aliphatic heterocycles. The summed E-state index contributed by atoms with van der Waals surface area (Å²) in [6.07, 6.45) is 2.27. The van der Waals surface area contributed by atoms with Crippen LogP contribution in [0, 0.1) is 26.1 Å². The van der Waals surface area contributed by atoms with Crippen molar-refractivity contribution in [3.63, 3.8) is 0 Å². The number of carbonyl (C=O) groups excluding carboxylic acids is 2. The van der Waals surface area contributed by atoms with Crippen LogP contribution in [0.5, 0.6) is 0 Å². The molecule has 0 aliphatic carbocycles. The van der Waals surface area contributed by atoms with Gasteiger partial charge in [-0.05, 0) is 25.8 Å². The lowest BCUT2D eigenvalue weighted by molar-refractivity contribution is -0.385. The van der Waals surface area contributed by atoms with Crippen LogP contribution in [0.15, 0.2) is 30.6 Å². The van der Waals surface area contributed by atoms with Crippen LogP contribution in [0.25, 0.3) is 0 Å². The van der Waals surface area contributed by atoms with Gasteiger partial charge >= 0.3 is 11.7 Å². The molecule has 0 spiro atoms. The molecule has 1 saturated heterocycles. The number of piperidine rings is 1. The number of para-hydroxylation sites is 1. The monoisotopic (exact) mass is 459 g/mol. The van der Waals surface area contributed by atoms with E-state index in [2.05, 4.69) is 20.8 Å². The number of amides is 1.